The average molecular weight is 458 g/mol. The molecular formula is C25H32FN3O2S. The number of hydrogen-bond donors (Lipinski definition) is 1. The fraction of sp³-hybridized carbons (Fsp3) is 0.320. The highest BCUT2D eigenvalue weighted by Gasteiger charge is 2.17. The maximum atomic E-state index is 14.3. The highest BCUT2D eigenvalue weighted by Crippen LogP contribution is 2.37. The molecule has 0 radical (unpaired) electrons. The van der Waals surface area contributed by atoms with Crippen molar-refractivity contribution in [3.8, 4) is 11.1 Å². The van der Waals surface area contributed by atoms with Crippen LogP contribution in [0.25, 0.3) is 22.0 Å². The van der Waals surface area contributed by atoms with Crippen molar-refractivity contribution >= 4 is 29.1 Å². The lowest BCUT2D eigenvalue weighted by atomic mass is 10.0. The van der Waals surface area contributed by atoms with Gasteiger partial charge in [-0.3, -0.25) is 9.10 Å². The molecule has 0 unspecified atom stereocenters. The molecule has 3 aromatic rings. The normalized spacial score (nSPS) is 11.6. The molecule has 0 atom stereocenters. The van der Waals surface area contributed by atoms with Gasteiger partial charge in [0.15, 0.2) is 0 Å². The Balaban J connectivity index is 0.000000837. The molecule has 2 aromatic carbocycles. The maximum absolute atomic E-state index is 14.3. The van der Waals surface area contributed by atoms with Gasteiger partial charge in [0.2, 0.25) is 0 Å². The number of nitrogens with two attached hydrogens (primary N) is 1. The SMILES string of the molecule is CCOC.Cc1c(-c2cccc(SN(C)C)c2)c2cc(C=O)ccc2n1C/C(F)=C/CN. The van der Waals surface area contributed by atoms with E-state index in [1.54, 1.807) is 25.1 Å². The average Bonchev–Trinajstić information content (AvgIpc) is 3.04. The molecule has 1 aromatic heterocycles. The third-order valence-corrected chi connectivity index (χ3v) is 5.66. The van der Waals surface area contributed by atoms with Crippen LogP contribution in [0.15, 0.2) is 59.3 Å². The van der Waals surface area contributed by atoms with Gasteiger partial charge in [0.25, 0.3) is 0 Å². The van der Waals surface area contributed by atoms with Gasteiger partial charge in [0, 0.05) is 52.9 Å². The molecule has 1 heterocycles. The molecule has 0 bridgehead atoms. The first kappa shape index (κ1) is 25.8. The van der Waals surface area contributed by atoms with Crippen molar-refractivity contribution in [2.75, 3.05) is 34.4 Å². The summed E-state index contributed by atoms with van der Waals surface area (Å²) < 4.78 is 22.8. The molecule has 0 saturated heterocycles. The van der Waals surface area contributed by atoms with Crippen molar-refractivity contribution in [2.45, 2.75) is 25.3 Å². The van der Waals surface area contributed by atoms with Crippen molar-refractivity contribution < 1.29 is 13.9 Å². The van der Waals surface area contributed by atoms with Gasteiger partial charge in [0.1, 0.15) is 12.1 Å². The van der Waals surface area contributed by atoms with E-state index in [0.717, 1.165) is 45.5 Å². The van der Waals surface area contributed by atoms with E-state index in [1.807, 2.05) is 61.1 Å². The summed E-state index contributed by atoms with van der Waals surface area (Å²) in [6.07, 6.45) is 2.22. The van der Waals surface area contributed by atoms with Crippen LogP contribution in [0, 0.1) is 6.92 Å². The van der Waals surface area contributed by atoms with Crippen LogP contribution in [-0.4, -0.2) is 49.5 Å². The van der Waals surface area contributed by atoms with E-state index < -0.39 is 0 Å². The first-order valence-electron chi connectivity index (χ1n) is 10.4. The topological polar surface area (TPSA) is 60.5 Å². The van der Waals surface area contributed by atoms with E-state index >= 15 is 0 Å². The van der Waals surface area contributed by atoms with Gasteiger partial charge >= 0.3 is 0 Å². The number of allylic oxidation sites excluding steroid dienone is 1. The number of benzene rings is 2. The molecule has 2 N–H and O–H groups in total. The predicted molar refractivity (Wildman–Crippen MR) is 133 cm³/mol. The number of fused-ring (bicyclic) bond motifs is 1. The summed E-state index contributed by atoms with van der Waals surface area (Å²) in [5.74, 6) is -0.273. The summed E-state index contributed by atoms with van der Waals surface area (Å²) in [6.45, 7) is 5.04. The first-order valence-corrected chi connectivity index (χ1v) is 11.2. The first-order chi connectivity index (χ1) is 15.4. The van der Waals surface area contributed by atoms with E-state index in [0.29, 0.717) is 5.56 Å². The number of nitrogens with zero attached hydrogens (tertiary/aromatic N) is 2. The van der Waals surface area contributed by atoms with Gasteiger partial charge in [-0.2, -0.15) is 0 Å². The van der Waals surface area contributed by atoms with Gasteiger partial charge in [-0.1, -0.05) is 12.1 Å². The van der Waals surface area contributed by atoms with E-state index in [4.69, 9.17) is 5.73 Å². The van der Waals surface area contributed by atoms with Gasteiger partial charge in [-0.15, -0.1) is 0 Å². The molecule has 0 aliphatic carbocycles. The summed E-state index contributed by atoms with van der Waals surface area (Å²) >= 11 is 1.64. The second-order valence-electron chi connectivity index (χ2n) is 7.34. The number of halogens is 1. The lowest BCUT2D eigenvalue weighted by molar-refractivity contribution is 0.112. The molecule has 0 aliphatic heterocycles. The number of aldehydes is 1. The fourth-order valence-electron chi connectivity index (χ4n) is 3.40. The lowest BCUT2D eigenvalue weighted by Crippen LogP contribution is -2.03. The predicted octanol–water partition coefficient (Wildman–Crippen LogP) is 5.46. The Bertz CT molecular complexity index is 1070. The van der Waals surface area contributed by atoms with E-state index in [9.17, 15) is 9.18 Å². The minimum Gasteiger partial charge on any atom is -0.385 e. The lowest BCUT2D eigenvalue weighted by Gasteiger charge is -2.11. The van der Waals surface area contributed by atoms with Crippen molar-refractivity contribution in [1.29, 1.82) is 0 Å². The Hall–Kier alpha value is -2.45. The number of rotatable bonds is 8. The van der Waals surface area contributed by atoms with Crippen LogP contribution in [0.3, 0.4) is 0 Å². The third-order valence-electron chi connectivity index (χ3n) is 4.83. The van der Waals surface area contributed by atoms with Crippen molar-refractivity contribution in [1.82, 2.24) is 8.87 Å². The molecule has 0 saturated carbocycles. The molecule has 3 rings (SSSR count). The summed E-state index contributed by atoms with van der Waals surface area (Å²) in [4.78, 5) is 12.4. The van der Waals surface area contributed by atoms with Crippen LogP contribution in [0.4, 0.5) is 4.39 Å². The van der Waals surface area contributed by atoms with Crippen LogP contribution in [-0.2, 0) is 11.3 Å². The van der Waals surface area contributed by atoms with Crippen LogP contribution < -0.4 is 5.73 Å². The minimum absolute atomic E-state index is 0.117. The zero-order valence-electron chi connectivity index (χ0n) is 19.4. The molecule has 0 amide bonds. The van der Waals surface area contributed by atoms with Crippen molar-refractivity contribution in [3.63, 3.8) is 0 Å². The Labute approximate surface area is 194 Å². The molecular weight excluding hydrogens is 425 g/mol. The fourth-order valence-corrected chi connectivity index (χ4v) is 4.14. The standard InChI is InChI=1S/C22H24FN3OS.C3H8O/c1-15-22(17-5-4-6-19(12-17)28-25(2)3)20-11-16(14-27)7-8-21(20)26(15)13-18(23)9-10-24;1-3-4-2/h4-9,11-12,14H,10,13,24H2,1-3H3;3H2,1-2H3/b18-9-;. The molecule has 32 heavy (non-hydrogen) atoms. The smallest absolute Gasteiger partial charge is 0.150 e. The second kappa shape index (κ2) is 12.6. The molecule has 5 nitrogen and oxygen atoms in total. The van der Waals surface area contributed by atoms with Crippen molar-refractivity contribution in [2.24, 2.45) is 5.73 Å². The van der Waals surface area contributed by atoms with Crippen molar-refractivity contribution in [3.05, 3.63) is 65.6 Å². The number of carbonyl (C=O) groups is 1. The van der Waals surface area contributed by atoms with Gasteiger partial charge in [-0.25, -0.2) is 4.39 Å². The Morgan fingerprint density at radius 2 is 1.97 bits per heavy atom. The molecule has 172 valence electrons. The van der Waals surface area contributed by atoms with Crippen LogP contribution in [0.1, 0.15) is 23.0 Å². The monoisotopic (exact) mass is 457 g/mol. The largest absolute Gasteiger partial charge is 0.385 e. The number of hydrogen-bond acceptors (Lipinski definition) is 5. The van der Waals surface area contributed by atoms with Crippen LogP contribution >= 0.6 is 11.9 Å². The summed E-state index contributed by atoms with van der Waals surface area (Å²) in [5.41, 5.74) is 9.95. The summed E-state index contributed by atoms with van der Waals surface area (Å²) in [6, 6.07) is 13.8. The summed E-state index contributed by atoms with van der Waals surface area (Å²) in [7, 11) is 5.68. The number of carbonyl (C=O) groups excluding carboxylic acids is 1. The quantitative estimate of drug-likeness (QED) is 0.359. The molecule has 0 spiro atoms. The Morgan fingerprint density at radius 3 is 2.56 bits per heavy atom. The van der Waals surface area contributed by atoms with E-state index in [-0.39, 0.29) is 18.9 Å². The second-order valence-corrected chi connectivity index (χ2v) is 8.72. The molecule has 0 fully saturated rings. The zero-order valence-corrected chi connectivity index (χ0v) is 20.2. The number of ether oxygens (including phenoxy) is 1. The summed E-state index contributed by atoms with van der Waals surface area (Å²) in [5, 5.41) is 0.939. The maximum Gasteiger partial charge on any atom is 0.150 e. The van der Waals surface area contributed by atoms with Crippen LogP contribution in [0.2, 0.25) is 0 Å². The highest BCUT2D eigenvalue weighted by molar-refractivity contribution is 7.97. The van der Waals surface area contributed by atoms with Gasteiger partial charge in [0.05, 0.1) is 6.54 Å². The highest BCUT2D eigenvalue weighted by atomic mass is 32.2. The Kier molecular flexibility index (Phi) is 10.1. The number of methoxy groups -OCH3 is 1. The zero-order chi connectivity index (χ0) is 23.7. The van der Waals surface area contributed by atoms with E-state index in [2.05, 4.69) is 16.9 Å². The van der Waals surface area contributed by atoms with Gasteiger partial charge in [-0.05, 0) is 81.9 Å². The molecule has 7 heteroatoms. The third kappa shape index (κ3) is 6.53. The minimum atomic E-state index is -0.273. The van der Waals surface area contributed by atoms with Gasteiger partial charge < -0.3 is 15.0 Å². The number of aromatic nitrogens is 1. The van der Waals surface area contributed by atoms with Crippen LogP contribution in [0.5, 0.6) is 0 Å². The molecule has 0 aliphatic rings. The van der Waals surface area contributed by atoms with E-state index in [1.165, 1.54) is 6.08 Å². The Morgan fingerprint density at radius 1 is 1.25 bits per heavy atom.